The molecule has 0 saturated heterocycles. The van der Waals surface area contributed by atoms with Crippen LogP contribution in [-0.4, -0.2) is 19.8 Å². The molecule has 0 atom stereocenters. The summed E-state index contributed by atoms with van der Waals surface area (Å²) in [5.74, 6) is 0. The first kappa shape index (κ1) is 8.67. The Morgan fingerprint density at radius 2 is 2.18 bits per heavy atom. The van der Waals surface area contributed by atoms with Crippen molar-refractivity contribution in [1.82, 2.24) is 19.8 Å². The largest absolute Gasteiger partial charge is 0.217 e. The van der Waals surface area contributed by atoms with Crippen LogP contribution in [0.1, 0.15) is 19.9 Å². The highest BCUT2D eigenvalue weighted by molar-refractivity contribution is 7.71. The zero-order valence-electron chi connectivity index (χ0n) is 6.36. The fraction of sp³-hybridized carbons (Fsp3) is 0.800. The first-order valence-electron chi connectivity index (χ1n) is 3.25. The molecule has 1 rings (SSSR count). The summed E-state index contributed by atoms with van der Waals surface area (Å²) >= 11 is 10.5. The summed E-state index contributed by atoms with van der Waals surface area (Å²) in [6.45, 7) is 3.98. The molecule has 0 aliphatic heterocycles. The number of hydrogen-bond donors (Lipinski definition) is 0. The average Bonchev–Trinajstić information content (AvgIpc) is 2.30. The van der Waals surface area contributed by atoms with E-state index >= 15 is 0 Å². The number of hydrogen-bond acceptors (Lipinski definition) is 3. The zero-order valence-corrected chi connectivity index (χ0v) is 7.93. The van der Waals surface area contributed by atoms with Gasteiger partial charge in [-0.05, 0) is 36.5 Å². The SMILES string of the molecule is CC(C)n1nnn(CCl)c1=S. The molecule has 4 nitrogen and oxygen atoms in total. The predicted octanol–water partition coefficient (Wildman–Crippen LogP) is 1.59. The number of halogens is 1. The quantitative estimate of drug-likeness (QED) is 0.528. The molecule has 0 aromatic carbocycles. The normalized spacial score (nSPS) is 10.9. The molecule has 1 heterocycles. The Bertz CT molecular complexity index is 289. The second kappa shape index (κ2) is 3.32. The van der Waals surface area contributed by atoms with Gasteiger partial charge in [-0.25, -0.2) is 9.36 Å². The number of tetrazole rings is 1. The standard InChI is InChI=1S/C5H9ClN4S/c1-4(2)10-5(11)9(3-6)7-8-10/h4H,3H2,1-2H3. The van der Waals surface area contributed by atoms with Crippen LogP contribution in [0.4, 0.5) is 0 Å². The van der Waals surface area contributed by atoms with Gasteiger partial charge in [0.1, 0.15) is 6.00 Å². The molecule has 0 unspecified atom stereocenters. The monoisotopic (exact) mass is 192 g/mol. The highest BCUT2D eigenvalue weighted by Gasteiger charge is 2.03. The van der Waals surface area contributed by atoms with Crippen molar-refractivity contribution in [1.29, 1.82) is 0 Å². The van der Waals surface area contributed by atoms with E-state index in [0.717, 1.165) is 0 Å². The fourth-order valence-corrected chi connectivity index (χ4v) is 1.27. The summed E-state index contributed by atoms with van der Waals surface area (Å²) in [7, 11) is 0. The Hall–Kier alpha value is -0.420. The van der Waals surface area contributed by atoms with E-state index in [2.05, 4.69) is 10.4 Å². The molecular formula is C5H9ClN4S. The third kappa shape index (κ3) is 1.59. The van der Waals surface area contributed by atoms with E-state index in [-0.39, 0.29) is 12.0 Å². The van der Waals surface area contributed by atoms with Crippen LogP contribution in [0.2, 0.25) is 0 Å². The lowest BCUT2D eigenvalue weighted by atomic mass is 10.4. The zero-order chi connectivity index (χ0) is 8.43. The summed E-state index contributed by atoms with van der Waals surface area (Å²) in [6.07, 6.45) is 0. The Morgan fingerprint density at radius 1 is 1.55 bits per heavy atom. The van der Waals surface area contributed by atoms with Gasteiger partial charge in [-0.15, -0.1) is 11.6 Å². The molecule has 0 aliphatic rings. The Kier molecular flexibility index (Phi) is 2.62. The second-order valence-corrected chi connectivity index (χ2v) is 3.02. The smallest absolute Gasteiger partial charge is 0.216 e. The van der Waals surface area contributed by atoms with Gasteiger partial charge in [-0.3, -0.25) is 0 Å². The van der Waals surface area contributed by atoms with E-state index in [1.807, 2.05) is 13.8 Å². The van der Waals surface area contributed by atoms with Crippen LogP contribution in [0.15, 0.2) is 0 Å². The highest BCUT2D eigenvalue weighted by atomic mass is 35.5. The van der Waals surface area contributed by atoms with Crippen molar-refractivity contribution in [2.45, 2.75) is 25.9 Å². The topological polar surface area (TPSA) is 35.6 Å². The highest BCUT2D eigenvalue weighted by Crippen LogP contribution is 2.02. The molecule has 0 bridgehead atoms. The van der Waals surface area contributed by atoms with Crippen LogP contribution >= 0.6 is 23.8 Å². The minimum atomic E-state index is 0.236. The minimum absolute atomic E-state index is 0.236. The molecule has 0 N–H and O–H groups in total. The van der Waals surface area contributed by atoms with Gasteiger partial charge in [0.15, 0.2) is 0 Å². The third-order valence-corrected chi connectivity index (χ3v) is 1.89. The molecule has 0 fully saturated rings. The van der Waals surface area contributed by atoms with Gasteiger partial charge < -0.3 is 0 Å². The Balaban J connectivity index is 3.11. The van der Waals surface area contributed by atoms with Crippen LogP contribution in [-0.2, 0) is 6.00 Å². The maximum atomic E-state index is 5.53. The average molecular weight is 193 g/mol. The minimum Gasteiger partial charge on any atom is -0.216 e. The lowest BCUT2D eigenvalue weighted by Gasteiger charge is -2.00. The Labute approximate surface area is 74.7 Å². The van der Waals surface area contributed by atoms with Crippen molar-refractivity contribution in [3.63, 3.8) is 0 Å². The lowest BCUT2D eigenvalue weighted by molar-refractivity contribution is 0.508. The van der Waals surface area contributed by atoms with Crippen molar-refractivity contribution >= 4 is 23.8 Å². The molecule has 62 valence electrons. The van der Waals surface area contributed by atoms with Gasteiger partial charge in [0.2, 0.25) is 4.77 Å². The summed E-state index contributed by atoms with van der Waals surface area (Å²) in [4.78, 5) is 0. The van der Waals surface area contributed by atoms with Crippen LogP contribution in [0.25, 0.3) is 0 Å². The number of aromatic nitrogens is 4. The van der Waals surface area contributed by atoms with E-state index in [4.69, 9.17) is 23.8 Å². The summed E-state index contributed by atoms with van der Waals surface area (Å²) in [5, 5.41) is 7.58. The number of rotatable bonds is 2. The van der Waals surface area contributed by atoms with Gasteiger partial charge in [-0.2, -0.15) is 0 Å². The molecule has 1 aromatic rings. The van der Waals surface area contributed by atoms with Gasteiger partial charge in [0.25, 0.3) is 0 Å². The first-order valence-corrected chi connectivity index (χ1v) is 4.19. The molecule has 6 heteroatoms. The van der Waals surface area contributed by atoms with Gasteiger partial charge in [0.05, 0.1) is 6.04 Å². The van der Waals surface area contributed by atoms with Gasteiger partial charge in [-0.1, -0.05) is 0 Å². The van der Waals surface area contributed by atoms with Crippen LogP contribution in [0.5, 0.6) is 0 Å². The van der Waals surface area contributed by atoms with Gasteiger partial charge in [0, 0.05) is 0 Å². The number of nitrogens with zero attached hydrogens (tertiary/aromatic N) is 4. The molecular weight excluding hydrogens is 184 g/mol. The maximum absolute atomic E-state index is 5.53. The second-order valence-electron chi connectivity index (χ2n) is 2.42. The third-order valence-electron chi connectivity index (χ3n) is 1.26. The van der Waals surface area contributed by atoms with Crippen molar-refractivity contribution in [3.8, 4) is 0 Å². The van der Waals surface area contributed by atoms with Gasteiger partial charge >= 0.3 is 0 Å². The van der Waals surface area contributed by atoms with E-state index in [0.29, 0.717) is 4.77 Å². The van der Waals surface area contributed by atoms with E-state index in [9.17, 15) is 0 Å². The predicted molar refractivity (Wildman–Crippen MR) is 45.1 cm³/mol. The molecule has 0 saturated carbocycles. The van der Waals surface area contributed by atoms with E-state index in [1.54, 1.807) is 4.68 Å². The molecule has 0 aliphatic carbocycles. The van der Waals surface area contributed by atoms with E-state index in [1.165, 1.54) is 4.68 Å². The molecule has 0 radical (unpaired) electrons. The van der Waals surface area contributed by atoms with Crippen LogP contribution < -0.4 is 0 Å². The van der Waals surface area contributed by atoms with Crippen LogP contribution in [0.3, 0.4) is 0 Å². The fourth-order valence-electron chi connectivity index (χ4n) is 0.685. The summed E-state index contributed by atoms with van der Waals surface area (Å²) in [6, 6.07) is 0.491. The molecule has 11 heavy (non-hydrogen) atoms. The first-order chi connectivity index (χ1) is 5.16. The molecule has 1 aromatic heterocycles. The molecule has 0 spiro atoms. The lowest BCUT2D eigenvalue weighted by Crippen LogP contribution is -2.03. The number of alkyl halides is 1. The van der Waals surface area contributed by atoms with Crippen molar-refractivity contribution in [2.75, 3.05) is 0 Å². The van der Waals surface area contributed by atoms with Crippen molar-refractivity contribution in [2.24, 2.45) is 0 Å². The van der Waals surface area contributed by atoms with Crippen molar-refractivity contribution < 1.29 is 0 Å². The Morgan fingerprint density at radius 3 is 2.45 bits per heavy atom. The summed E-state index contributed by atoms with van der Waals surface area (Å²) in [5.41, 5.74) is 0. The van der Waals surface area contributed by atoms with Crippen molar-refractivity contribution in [3.05, 3.63) is 4.77 Å². The van der Waals surface area contributed by atoms with Crippen LogP contribution in [0, 0.1) is 4.77 Å². The summed E-state index contributed by atoms with van der Waals surface area (Å²) < 4.78 is 3.68. The van der Waals surface area contributed by atoms with E-state index < -0.39 is 0 Å². The maximum Gasteiger partial charge on any atom is 0.217 e. The molecule has 0 amide bonds.